The molecule has 0 aromatic heterocycles. The number of carbonyl (C=O) groups is 1. The molecule has 1 atom stereocenters. The smallest absolute Gasteiger partial charge is 0.324 e. The predicted molar refractivity (Wildman–Crippen MR) is 72.1 cm³/mol. The lowest BCUT2D eigenvalue weighted by molar-refractivity contribution is 0.0754. The molecule has 0 aliphatic carbocycles. The zero-order valence-electron chi connectivity index (χ0n) is 11.1. The van der Waals surface area contributed by atoms with E-state index < -0.39 is 13.4 Å². The van der Waals surface area contributed by atoms with Gasteiger partial charge in [0.05, 0.1) is 0 Å². The fourth-order valence-electron chi connectivity index (χ4n) is 2.38. The molecule has 6 heteroatoms. The highest BCUT2D eigenvalue weighted by Crippen LogP contribution is 2.56. The van der Waals surface area contributed by atoms with Gasteiger partial charge in [-0.1, -0.05) is 18.2 Å². The summed E-state index contributed by atoms with van der Waals surface area (Å²) in [4.78, 5) is 14.0. The Hall–Kier alpha value is -1.16. The summed E-state index contributed by atoms with van der Waals surface area (Å²) >= 11 is 0. The average Bonchev–Trinajstić information content (AvgIpc) is 2.96. The van der Waals surface area contributed by atoms with Gasteiger partial charge < -0.3 is 13.9 Å². The largest absolute Gasteiger partial charge is 0.352 e. The molecular weight excluding hydrogens is 265 g/mol. The minimum absolute atomic E-state index is 0.127. The third-order valence-electron chi connectivity index (χ3n) is 3.38. The maximum absolute atomic E-state index is 12.5. The molecule has 1 aromatic rings. The van der Waals surface area contributed by atoms with Crippen LogP contribution in [0.1, 0.15) is 23.2 Å². The van der Waals surface area contributed by atoms with Gasteiger partial charge in [-0.25, -0.2) is 0 Å². The SMILES string of the molecule is COP(=O)(OC)C1CCCN1C(=O)c1ccccc1. The molecule has 1 unspecified atom stereocenters. The predicted octanol–water partition coefficient (Wildman–Crippen LogP) is 2.73. The van der Waals surface area contributed by atoms with Crippen LogP contribution in [0.2, 0.25) is 0 Å². The molecule has 19 heavy (non-hydrogen) atoms. The lowest BCUT2D eigenvalue weighted by Crippen LogP contribution is -2.36. The fraction of sp³-hybridized carbons (Fsp3) is 0.462. The van der Waals surface area contributed by atoms with Crippen LogP contribution < -0.4 is 0 Å². The summed E-state index contributed by atoms with van der Waals surface area (Å²) in [5.41, 5.74) is 0.591. The number of hydrogen-bond donors (Lipinski definition) is 0. The van der Waals surface area contributed by atoms with Crippen LogP contribution >= 0.6 is 7.60 Å². The molecule has 2 rings (SSSR count). The first-order valence-corrected chi connectivity index (χ1v) is 7.81. The van der Waals surface area contributed by atoms with Gasteiger partial charge in [-0.3, -0.25) is 9.36 Å². The number of nitrogens with zero attached hydrogens (tertiary/aromatic N) is 1. The van der Waals surface area contributed by atoms with Gasteiger partial charge in [0.1, 0.15) is 5.78 Å². The van der Waals surface area contributed by atoms with Crippen molar-refractivity contribution >= 4 is 13.5 Å². The van der Waals surface area contributed by atoms with Crippen molar-refractivity contribution in [2.45, 2.75) is 18.6 Å². The molecule has 0 bridgehead atoms. The van der Waals surface area contributed by atoms with Crippen molar-refractivity contribution in [1.29, 1.82) is 0 Å². The van der Waals surface area contributed by atoms with Crippen molar-refractivity contribution in [1.82, 2.24) is 4.90 Å². The molecule has 1 amide bonds. The third-order valence-corrected chi connectivity index (χ3v) is 5.66. The second kappa shape index (κ2) is 5.87. The van der Waals surface area contributed by atoms with E-state index in [1.807, 2.05) is 18.2 Å². The van der Waals surface area contributed by atoms with Gasteiger partial charge >= 0.3 is 7.60 Å². The number of hydrogen-bond acceptors (Lipinski definition) is 4. The zero-order valence-corrected chi connectivity index (χ0v) is 12.0. The first kappa shape index (κ1) is 14.3. The van der Waals surface area contributed by atoms with Crippen molar-refractivity contribution in [2.75, 3.05) is 20.8 Å². The Morgan fingerprint density at radius 3 is 2.47 bits per heavy atom. The summed E-state index contributed by atoms with van der Waals surface area (Å²) < 4.78 is 22.5. The van der Waals surface area contributed by atoms with Gasteiger partial charge in [0.2, 0.25) is 0 Å². The Morgan fingerprint density at radius 1 is 1.26 bits per heavy atom. The Balaban J connectivity index is 2.24. The Morgan fingerprint density at radius 2 is 1.89 bits per heavy atom. The maximum atomic E-state index is 12.5. The highest BCUT2D eigenvalue weighted by Gasteiger charge is 2.43. The van der Waals surface area contributed by atoms with Crippen LogP contribution in [0, 0.1) is 0 Å². The van der Waals surface area contributed by atoms with Crippen LogP contribution in [-0.2, 0) is 13.6 Å². The summed E-state index contributed by atoms with van der Waals surface area (Å²) in [6.45, 7) is 0.578. The molecular formula is C13H18NO4P. The molecule has 1 heterocycles. The number of carbonyl (C=O) groups excluding carboxylic acids is 1. The summed E-state index contributed by atoms with van der Waals surface area (Å²) in [6, 6.07) is 8.98. The van der Waals surface area contributed by atoms with Gasteiger partial charge in [0.25, 0.3) is 5.91 Å². The topological polar surface area (TPSA) is 55.8 Å². The highest BCUT2D eigenvalue weighted by atomic mass is 31.2. The van der Waals surface area contributed by atoms with E-state index in [4.69, 9.17) is 9.05 Å². The molecule has 1 aromatic carbocycles. The molecule has 1 aliphatic rings. The van der Waals surface area contributed by atoms with E-state index in [2.05, 4.69) is 0 Å². The molecule has 0 radical (unpaired) electrons. The van der Waals surface area contributed by atoms with Crippen LogP contribution in [0.3, 0.4) is 0 Å². The van der Waals surface area contributed by atoms with Crippen LogP contribution in [0.25, 0.3) is 0 Å². The number of likely N-dealkylation sites (tertiary alicyclic amines) is 1. The minimum atomic E-state index is -3.25. The van der Waals surface area contributed by atoms with Crippen molar-refractivity contribution in [3.8, 4) is 0 Å². The Labute approximate surface area is 113 Å². The van der Waals surface area contributed by atoms with Crippen molar-refractivity contribution in [3.63, 3.8) is 0 Å². The zero-order chi connectivity index (χ0) is 13.9. The van der Waals surface area contributed by atoms with Crippen LogP contribution in [-0.4, -0.2) is 37.4 Å². The van der Waals surface area contributed by atoms with Crippen molar-refractivity contribution in [2.24, 2.45) is 0 Å². The first-order chi connectivity index (χ1) is 9.12. The fourth-order valence-corrected chi connectivity index (χ4v) is 4.08. The second-order valence-corrected chi connectivity index (χ2v) is 6.80. The lowest BCUT2D eigenvalue weighted by Gasteiger charge is -2.29. The maximum Gasteiger partial charge on any atom is 0.352 e. The molecule has 1 aliphatic heterocycles. The van der Waals surface area contributed by atoms with Crippen LogP contribution in [0.5, 0.6) is 0 Å². The molecule has 5 nitrogen and oxygen atoms in total. The van der Waals surface area contributed by atoms with Crippen LogP contribution in [0.4, 0.5) is 0 Å². The second-order valence-electron chi connectivity index (χ2n) is 4.39. The van der Waals surface area contributed by atoms with E-state index in [0.29, 0.717) is 18.5 Å². The van der Waals surface area contributed by atoms with E-state index in [-0.39, 0.29) is 5.91 Å². The number of benzene rings is 1. The summed E-state index contributed by atoms with van der Waals surface area (Å²) in [6.07, 6.45) is 1.44. The van der Waals surface area contributed by atoms with E-state index in [9.17, 15) is 9.36 Å². The van der Waals surface area contributed by atoms with Gasteiger partial charge in [0, 0.05) is 26.3 Å². The van der Waals surface area contributed by atoms with Gasteiger partial charge in [-0.05, 0) is 25.0 Å². The van der Waals surface area contributed by atoms with E-state index in [1.165, 1.54) is 14.2 Å². The normalized spacial score (nSPS) is 19.7. The van der Waals surface area contributed by atoms with Gasteiger partial charge in [-0.2, -0.15) is 0 Å². The molecule has 0 spiro atoms. The first-order valence-electron chi connectivity index (χ1n) is 6.19. The average molecular weight is 283 g/mol. The Bertz CT molecular complexity index is 483. The molecule has 104 valence electrons. The van der Waals surface area contributed by atoms with Crippen LogP contribution in [0.15, 0.2) is 30.3 Å². The van der Waals surface area contributed by atoms with Gasteiger partial charge in [0.15, 0.2) is 0 Å². The quantitative estimate of drug-likeness (QED) is 0.797. The van der Waals surface area contributed by atoms with E-state index >= 15 is 0 Å². The standard InChI is InChI=1S/C13H18NO4P/c1-17-19(16,18-2)12-9-6-10-14(12)13(15)11-7-4-3-5-8-11/h3-5,7-8,12H,6,9-10H2,1-2H3. The van der Waals surface area contributed by atoms with Gasteiger partial charge in [-0.15, -0.1) is 0 Å². The summed E-state index contributed by atoms with van der Waals surface area (Å²) in [5.74, 6) is -0.618. The summed E-state index contributed by atoms with van der Waals surface area (Å²) in [7, 11) is -0.544. The van der Waals surface area contributed by atoms with E-state index in [0.717, 1.165) is 6.42 Å². The Kier molecular flexibility index (Phi) is 4.40. The molecule has 0 N–H and O–H groups in total. The summed E-state index contributed by atoms with van der Waals surface area (Å²) in [5, 5.41) is 0. The van der Waals surface area contributed by atoms with Crippen molar-refractivity contribution < 1.29 is 18.4 Å². The number of amides is 1. The monoisotopic (exact) mass is 283 g/mol. The van der Waals surface area contributed by atoms with Crippen molar-refractivity contribution in [3.05, 3.63) is 35.9 Å². The number of rotatable bonds is 4. The highest BCUT2D eigenvalue weighted by molar-refractivity contribution is 7.54. The lowest BCUT2D eigenvalue weighted by atomic mass is 10.2. The minimum Gasteiger partial charge on any atom is -0.324 e. The molecule has 1 saturated heterocycles. The van der Waals surface area contributed by atoms with E-state index in [1.54, 1.807) is 17.0 Å². The third kappa shape index (κ3) is 2.73. The molecule has 0 saturated carbocycles. The molecule has 1 fully saturated rings.